The lowest BCUT2D eigenvalue weighted by atomic mass is 10.1. The maximum Gasteiger partial charge on any atom is 0.257 e. The van der Waals surface area contributed by atoms with Crippen molar-refractivity contribution in [2.45, 2.75) is 0 Å². The Labute approximate surface area is 152 Å². The van der Waals surface area contributed by atoms with E-state index in [9.17, 15) is 9.59 Å². The van der Waals surface area contributed by atoms with E-state index in [0.29, 0.717) is 43.3 Å². The van der Waals surface area contributed by atoms with Gasteiger partial charge in [0.1, 0.15) is 5.75 Å². The number of amides is 2. The van der Waals surface area contributed by atoms with Crippen LogP contribution in [-0.2, 0) is 11.8 Å². The van der Waals surface area contributed by atoms with E-state index in [1.54, 1.807) is 48.1 Å². The van der Waals surface area contributed by atoms with E-state index in [1.165, 1.54) is 0 Å². The maximum atomic E-state index is 12.7. The van der Waals surface area contributed by atoms with Gasteiger partial charge in [0.15, 0.2) is 5.82 Å². The van der Waals surface area contributed by atoms with Crippen LogP contribution >= 0.6 is 0 Å². The number of hydrogen-bond acceptors (Lipinski definition) is 5. The number of piperazine rings is 1. The van der Waals surface area contributed by atoms with Gasteiger partial charge in [-0.15, -0.1) is 0 Å². The van der Waals surface area contributed by atoms with Gasteiger partial charge in [0.25, 0.3) is 5.91 Å². The molecule has 0 bridgehead atoms. The van der Waals surface area contributed by atoms with Crippen LogP contribution < -0.4 is 10.1 Å². The van der Waals surface area contributed by atoms with Crippen molar-refractivity contribution in [2.75, 3.05) is 45.2 Å². The Balaban J connectivity index is 1.51. The van der Waals surface area contributed by atoms with E-state index in [0.717, 1.165) is 0 Å². The summed E-state index contributed by atoms with van der Waals surface area (Å²) in [5.74, 6) is 0.977. The third-order valence-corrected chi connectivity index (χ3v) is 4.35. The zero-order valence-electron chi connectivity index (χ0n) is 15.0. The zero-order valence-corrected chi connectivity index (χ0v) is 15.0. The molecule has 0 spiro atoms. The second-order valence-corrected chi connectivity index (χ2v) is 6.19. The lowest BCUT2D eigenvalue weighted by Crippen LogP contribution is -2.50. The molecule has 2 heterocycles. The minimum atomic E-state index is -0.104. The van der Waals surface area contributed by atoms with E-state index >= 15 is 0 Å². The van der Waals surface area contributed by atoms with Crippen LogP contribution in [0.3, 0.4) is 0 Å². The lowest BCUT2D eigenvalue weighted by Gasteiger charge is -2.34. The molecular formula is C18H23N5O3. The van der Waals surface area contributed by atoms with Crippen molar-refractivity contribution < 1.29 is 14.3 Å². The highest BCUT2D eigenvalue weighted by Gasteiger charge is 2.25. The Kier molecular flexibility index (Phi) is 5.52. The molecule has 0 atom stereocenters. The van der Waals surface area contributed by atoms with Gasteiger partial charge in [0.2, 0.25) is 5.91 Å². The Morgan fingerprint density at radius 2 is 1.88 bits per heavy atom. The number of para-hydroxylation sites is 1. The molecule has 1 N–H and O–H groups in total. The fourth-order valence-corrected chi connectivity index (χ4v) is 2.97. The van der Waals surface area contributed by atoms with Crippen LogP contribution in [0.2, 0.25) is 0 Å². The molecule has 2 amide bonds. The Morgan fingerprint density at radius 1 is 1.15 bits per heavy atom. The SMILES string of the molecule is COc1ccccc1C(=O)N1CCN(CC(=O)Nc2ccn(C)n2)CC1. The number of carbonyl (C=O) groups is 2. The van der Waals surface area contributed by atoms with Crippen molar-refractivity contribution in [3.8, 4) is 5.75 Å². The van der Waals surface area contributed by atoms with Gasteiger partial charge in [-0.25, -0.2) is 0 Å². The molecule has 0 saturated carbocycles. The molecule has 3 rings (SSSR count). The molecule has 1 aliphatic rings. The summed E-state index contributed by atoms with van der Waals surface area (Å²) in [7, 11) is 3.36. The Morgan fingerprint density at radius 3 is 2.54 bits per heavy atom. The number of carbonyl (C=O) groups excluding carboxylic acids is 2. The number of nitrogens with zero attached hydrogens (tertiary/aromatic N) is 4. The number of rotatable bonds is 5. The number of methoxy groups -OCH3 is 1. The summed E-state index contributed by atoms with van der Waals surface area (Å²) < 4.78 is 6.91. The van der Waals surface area contributed by atoms with Crippen LogP contribution in [0, 0.1) is 0 Å². The number of nitrogens with one attached hydrogen (secondary N) is 1. The summed E-state index contributed by atoms with van der Waals surface area (Å²) in [6, 6.07) is 8.97. The number of benzene rings is 1. The van der Waals surface area contributed by atoms with Crippen LogP contribution in [0.15, 0.2) is 36.5 Å². The van der Waals surface area contributed by atoms with Crippen molar-refractivity contribution >= 4 is 17.6 Å². The predicted molar refractivity (Wildman–Crippen MR) is 97.2 cm³/mol. The van der Waals surface area contributed by atoms with Gasteiger partial charge in [0, 0.05) is 45.5 Å². The fraction of sp³-hybridized carbons (Fsp3) is 0.389. The van der Waals surface area contributed by atoms with E-state index in [2.05, 4.69) is 10.4 Å². The van der Waals surface area contributed by atoms with Crippen LogP contribution in [0.25, 0.3) is 0 Å². The van der Waals surface area contributed by atoms with Gasteiger partial charge in [-0.3, -0.25) is 19.2 Å². The maximum absolute atomic E-state index is 12.7. The first-order chi connectivity index (χ1) is 12.6. The summed E-state index contributed by atoms with van der Waals surface area (Å²) in [6.45, 7) is 2.74. The molecule has 1 aromatic carbocycles. The van der Waals surface area contributed by atoms with Crippen molar-refractivity contribution in [3.63, 3.8) is 0 Å². The van der Waals surface area contributed by atoms with Gasteiger partial charge in [-0.05, 0) is 12.1 Å². The molecule has 138 valence electrons. The first-order valence-corrected chi connectivity index (χ1v) is 8.51. The molecule has 0 radical (unpaired) electrons. The van der Waals surface area contributed by atoms with Crippen LogP contribution in [-0.4, -0.2) is 71.2 Å². The molecular weight excluding hydrogens is 334 g/mol. The second-order valence-electron chi connectivity index (χ2n) is 6.19. The largest absolute Gasteiger partial charge is 0.496 e. The molecule has 1 aliphatic heterocycles. The Hall–Kier alpha value is -2.87. The quantitative estimate of drug-likeness (QED) is 0.857. The van der Waals surface area contributed by atoms with Gasteiger partial charge < -0.3 is 15.0 Å². The zero-order chi connectivity index (χ0) is 18.5. The number of hydrogen-bond donors (Lipinski definition) is 1. The highest BCUT2D eigenvalue weighted by molar-refractivity contribution is 5.97. The predicted octanol–water partition coefficient (Wildman–Crippen LogP) is 0.825. The summed E-state index contributed by atoms with van der Waals surface area (Å²) in [4.78, 5) is 28.6. The van der Waals surface area contributed by atoms with Crippen molar-refractivity contribution in [2.24, 2.45) is 7.05 Å². The molecule has 0 unspecified atom stereocenters. The van der Waals surface area contributed by atoms with E-state index < -0.39 is 0 Å². The molecule has 1 fully saturated rings. The smallest absolute Gasteiger partial charge is 0.257 e. The minimum absolute atomic E-state index is 0.0416. The number of aryl methyl sites for hydroxylation is 1. The number of ether oxygens (including phenoxy) is 1. The molecule has 1 saturated heterocycles. The Bertz CT molecular complexity index is 781. The van der Waals surface area contributed by atoms with Gasteiger partial charge in [-0.1, -0.05) is 12.1 Å². The molecule has 2 aromatic rings. The summed E-state index contributed by atoms with van der Waals surface area (Å²) in [5.41, 5.74) is 0.566. The summed E-state index contributed by atoms with van der Waals surface area (Å²) >= 11 is 0. The number of anilines is 1. The molecule has 8 nitrogen and oxygen atoms in total. The molecule has 0 aliphatic carbocycles. The third-order valence-electron chi connectivity index (χ3n) is 4.35. The average Bonchev–Trinajstić information content (AvgIpc) is 3.06. The first-order valence-electron chi connectivity index (χ1n) is 8.51. The highest BCUT2D eigenvalue weighted by atomic mass is 16.5. The summed E-state index contributed by atoms with van der Waals surface area (Å²) in [6.07, 6.45) is 1.78. The monoisotopic (exact) mass is 357 g/mol. The van der Waals surface area contributed by atoms with E-state index in [4.69, 9.17) is 4.74 Å². The van der Waals surface area contributed by atoms with E-state index in [-0.39, 0.29) is 18.4 Å². The van der Waals surface area contributed by atoms with Gasteiger partial charge in [0.05, 0.1) is 19.2 Å². The van der Waals surface area contributed by atoms with Gasteiger partial charge >= 0.3 is 0 Å². The van der Waals surface area contributed by atoms with E-state index in [1.807, 2.05) is 17.0 Å². The fourth-order valence-electron chi connectivity index (χ4n) is 2.97. The average molecular weight is 357 g/mol. The van der Waals surface area contributed by atoms with Crippen LogP contribution in [0.4, 0.5) is 5.82 Å². The van der Waals surface area contributed by atoms with Crippen molar-refractivity contribution in [1.29, 1.82) is 0 Å². The summed E-state index contributed by atoms with van der Waals surface area (Å²) in [5, 5.41) is 6.91. The van der Waals surface area contributed by atoms with Crippen molar-refractivity contribution in [3.05, 3.63) is 42.1 Å². The highest BCUT2D eigenvalue weighted by Crippen LogP contribution is 2.20. The van der Waals surface area contributed by atoms with Crippen LogP contribution in [0.1, 0.15) is 10.4 Å². The molecule has 26 heavy (non-hydrogen) atoms. The second kappa shape index (κ2) is 8.01. The third kappa shape index (κ3) is 4.20. The minimum Gasteiger partial charge on any atom is -0.496 e. The first kappa shape index (κ1) is 17.9. The lowest BCUT2D eigenvalue weighted by molar-refractivity contribution is -0.117. The molecule has 8 heteroatoms. The topological polar surface area (TPSA) is 79.7 Å². The van der Waals surface area contributed by atoms with Crippen LogP contribution in [0.5, 0.6) is 5.75 Å². The standard InChI is InChI=1S/C18H23N5O3/c1-21-8-7-16(20-21)19-17(24)13-22-9-11-23(12-10-22)18(25)14-5-3-4-6-15(14)26-2/h3-8H,9-13H2,1-2H3,(H,19,20,24). The van der Waals surface area contributed by atoms with Gasteiger partial charge in [-0.2, -0.15) is 5.10 Å². The normalized spacial score (nSPS) is 14.9. The molecule has 1 aromatic heterocycles. The number of aromatic nitrogens is 2. The van der Waals surface area contributed by atoms with Crippen molar-refractivity contribution in [1.82, 2.24) is 19.6 Å².